The minimum atomic E-state index is -1.07. The van der Waals surface area contributed by atoms with Crippen molar-refractivity contribution in [3.05, 3.63) is 0 Å². The maximum atomic E-state index is 10.7. The number of aliphatic hydroxyl groups excluding tert-OH is 1. The summed E-state index contributed by atoms with van der Waals surface area (Å²) in [6, 6.07) is 0. The summed E-state index contributed by atoms with van der Waals surface area (Å²) in [5.41, 5.74) is 0. The first-order valence-corrected chi connectivity index (χ1v) is 3.27. The number of nitrogens with one attached hydrogen (secondary N) is 1. The molecule has 1 saturated heterocycles. The maximum Gasteiger partial charge on any atom is 0.332 e. The third-order valence-electron chi connectivity index (χ3n) is 1.33. The van der Waals surface area contributed by atoms with Crippen molar-refractivity contribution in [1.82, 2.24) is 5.32 Å². The van der Waals surface area contributed by atoms with Gasteiger partial charge in [0.25, 0.3) is 5.91 Å². The number of hydrogen-bond acceptors (Lipinski definition) is 5. The highest BCUT2D eigenvalue weighted by Gasteiger charge is 2.33. The van der Waals surface area contributed by atoms with Crippen LogP contribution in [0.4, 0.5) is 0 Å². The molecule has 1 atom stereocenters. The molecule has 1 aliphatic heterocycles. The van der Waals surface area contributed by atoms with E-state index < -0.39 is 30.5 Å². The lowest BCUT2D eigenvalue weighted by Crippen LogP contribution is -2.29. The van der Waals surface area contributed by atoms with Crippen LogP contribution in [0.3, 0.4) is 0 Å². The van der Waals surface area contributed by atoms with Gasteiger partial charge >= 0.3 is 5.97 Å². The van der Waals surface area contributed by atoms with Crippen LogP contribution in [0.25, 0.3) is 0 Å². The van der Waals surface area contributed by atoms with Crippen molar-refractivity contribution in [2.24, 2.45) is 0 Å². The van der Waals surface area contributed by atoms with E-state index in [1.54, 1.807) is 0 Å². The summed E-state index contributed by atoms with van der Waals surface area (Å²) in [7, 11) is 0. The lowest BCUT2D eigenvalue weighted by molar-refractivity contribution is -0.156. The Kier molecular flexibility index (Phi) is 2.39. The van der Waals surface area contributed by atoms with Gasteiger partial charge in [-0.1, -0.05) is 0 Å². The van der Waals surface area contributed by atoms with Crippen molar-refractivity contribution in [2.75, 3.05) is 6.61 Å². The fourth-order valence-corrected chi connectivity index (χ4v) is 0.821. The van der Waals surface area contributed by atoms with Crippen molar-refractivity contribution in [1.29, 1.82) is 0 Å². The Morgan fingerprint density at radius 3 is 2.75 bits per heavy atom. The Labute approximate surface area is 67.5 Å². The molecule has 66 valence electrons. The van der Waals surface area contributed by atoms with Gasteiger partial charge in [0.05, 0.1) is 6.42 Å². The van der Waals surface area contributed by atoms with Crippen molar-refractivity contribution >= 4 is 17.8 Å². The fraction of sp³-hybridized carbons (Fsp3) is 0.500. The molecule has 0 saturated carbocycles. The third kappa shape index (κ3) is 1.79. The summed E-state index contributed by atoms with van der Waals surface area (Å²) >= 11 is 0. The van der Waals surface area contributed by atoms with Gasteiger partial charge in [0, 0.05) is 0 Å². The highest BCUT2D eigenvalue weighted by Crippen LogP contribution is 2.05. The minimum Gasteiger partial charge on any atom is -0.450 e. The molecule has 12 heavy (non-hydrogen) atoms. The van der Waals surface area contributed by atoms with Gasteiger partial charge < -0.3 is 9.84 Å². The van der Waals surface area contributed by atoms with Gasteiger partial charge in [0.15, 0.2) is 6.10 Å². The molecule has 1 aliphatic rings. The summed E-state index contributed by atoms with van der Waals surface area (Å²) in [6.45, 7) is -0.794. The van der Waals surface area contributed by atoms with E-state index in [0.717, 1.165) is 0 Å². The molecule has 6 heteroatoms. The van der Waals surface area contributed by atoms with Crippen LogP contribution >= 0.6 is 0 Å². The molecule has 0 radical (unpaired) electrons. The average molecular weight is 173 g/mol. The standard InChI is InChI=1S/C6H7NO5/c8-2-5(10)12-3-1-4(9)7-6(3)11/h3,8H,1-2H2,(H,7,9,11). The van der Waals surface area contributed by atoms with E-state index in [0.29, 0.717) is 0 Å². The fourth-order valence-electron chi connectivity index (χ4n) is 0.821. The van der Waals surface area contributed by atoms with E-state index in [1.807, 2.05) is 5.32 Å². The second-order valence-electron chi connectivity index (χ2n) is 2.25. The van der Waals surface area contributed by atoms with Crippen LogP contribution in [0.5, 0.6) is 0 Å². The van der Waals surface area contributed by atoms with E-state index >= 15 is 0 Å². The molecule has 0 bridgehead atoms. The van der Waals surface area contributed by atoms with Crippen LogP contribution in [0.2, 0.25) is 0 Å². The van der Waals surface area contributed by atoms with Gasteiger partial charge in [-0.2, -0.15) is 0 Å². The number of rotatable bonds is 2. The molecule has 1 heterocycles. The van der Waals surface area contributed by atoms with Crippen molar-refractivity contribution in [3.63, 3.8) is 0 Å². The predicted octanol–water partition coefficient (Wildman–Crippen LogP) is -2.06. The minimum absolute atomic E-state index is 0.162. The molecule has 2 amide bonds. The quantitative estimate of drug-likeness (QED) is 0.370. The number of aliphatic hydroxyl groups is 1. The second kappa shape index (κ2) is 3.31. The lowest BCUT2D eigenvalue weighted by atomic mass is 10.3. The molecule has 1 fully saturated rings. The van der Waals surface area contributed by atoms with Gasteiger partial charge in [0.1, 0.15) is 6.61 Å². The number of carbonyl (C=O) groups excluding carboxylic acids is 3. The van der Waals surface area contributed by atoms with Crippen LogP contribution in [0.1, 0.15) is 6.42 Å². The van der Waals surface area contributed by atoms with Crippen molar-refractivity contribution in [3.8, 4) is 0 Å². The number of hydrogen-bond donors (Lipinski definition) is 2. The lowest BCUT2D eigenvalue weighted by Gasteiger charge is -2.05. The first kappa shape index (κ1) is 8.66. The Morgan fingerprint density at radius 1 is 1.67 bits per heavy atom. The first-order valence-electron chi connectivity index (χ1n) is 3.27. The zero-order chi connectivity index (χ0) is 9.14. The molecule has 1 rings (SSSR count). The van der Waals surface area contributed by atoms with Crippen LogP contribution in [0.15, 0.2) is 0 Å². The van der Waals surface area contributed by atoms with Crippen LogP contribution in [0, 0.1) is 0 Å². The zero-order valence-electron chi connectivity index (χ0n) is 6.07. The molecule has 6 nitrogen and oxygen atoms in total. The largest absolute Gasteiger partial charge is 0.450 e. The predicted molar refractivity (Wildman–Crippen MR) is 34.7 cm³/mol. The van der Waals surface area contributed by atoms with Gasteiger partial charge in [-0.25, -0.2) is 4.79 Å². The zero-order valence-corrected chi connectivity index (χ0v) is 6.07. The highest BCUT2D eigenvalue weighted by molar-refractivity contribution is 6.05. The van der Waals surface area contributed by atoms with Crippen LogP contribution in [-0.2, 0) is 19.1 Å². The number of ether oxygens (including phenoxy) is 1. The number of esters is 1. The number of carbonyl (C=O) groups is 3. The van der Waals surface area contributed by atoms with Gasteiger partial charge in [-0.3, -0.25) is 14.9 Å². The monoisotopic (exact) mass is 173 g/mol. The molecule has 0 aromatic heterocycles. The number of imide groups is 1. The Morgan fingerprint density at radius 2 is 2.33 bits per heavy atom. The Hall–Kier alpha value is -1.43. The summed E-state index contributed by atoms with van der Waals surface area (Å²) in [4.78, 5) is 31.7. The van der Waals surface area contributed by atoms with E-state index in [9.17, 15) is 14.4 Å². The van der Waals surface area contributed by atoms with Gasteiger partial charge in [-0.15, -0.1) is 0 Å². The van der Waals surface area contributed by atoms with E-state index in [4.69, 9.17) is 5.11 Å². The van der Waals surface area contributed by atoms with E-state index in [2.05, 4.69) is 4.74 Å². The summed E-state index contributed by atoms with van der Waals surface area (Å²) < 4.78 is 4.42. The van der Waals surface area contributed by atoms with Gasteiger partial charge in [-0.05, 0) is 0 Å². The normalized spacial score (nSPS) is 22.2. The SMILES string of the molecule is O=C1CC(OC(=O)CO)C(=O)N1. The van der Waals surface area contributed by atoms with Crippen LogP contribution < -0.4 is 5.32 Å². The average Bonchev–Trinajstić information content (AvgIpc) is 2.30. The van der Waals surface area contributed by atoms with Crippen molar-refractivity contribution in [2.45, 2.75) is 12.5 Å². The Bertz CT molecular complexity index is 236. The Balaban J connectivity index is 2.48. The summed E-state index contributed by atoms with van der Waals surface area (Å²) in [5.74, 6) is -2.03. The van der Waals surface area contributed by atoms with E-state index in [1.165, 1.54) is 0 Å². The summed E-state index contributed by atoms with van der Waals surface area (Å²) in [6.07, 6.45) is -1.23. The van der Waals surface area contributed by atoms with Gasteiger partial charge in [0.2, 0.25) is 5.91 Å². The molecule has 0 aromatic carbocycles. The molecule has 0 spiro atoms. The maximum absolute atomic E-state index is 10.7. The second-order valence-corrected chi connectivity index (χ2v) is 2.25. The molecule has 2 N–H and O–H groups in total. The topological polar surface area (TPSA) is 92.7 Å². The van der Waals surface area contributed by atoms with E-state index in [-0.39, 0.29) is 6.42 Å². The van der Waals surface area contributed by atoms with Crippen molar-refractivity contribution < 1.29 is 24.2 Å². The molecular weight excluding hydrogens is 166 g/mol. The first-order chi connectivity index (χ1) is 5.63. The smallest absolute Gasteiger partial charge is 0.332 e. The third-order valence-corrected chi connectivity index (χ3v) is 1.33. The highest BCUT2D eigenvalue weighted by atomic mass is 16.6. The number of amides is 2. The molecule has 0 aliphatic carbocycles. The molecule has 1 unspecified atom stereocenters. The summed E-state index contributed by atoms with van der Waals surface area (Å²) in [5, 5.41) is 10.2. The molecule has 0 aromatic rings. The van der Waals surface area contributed by atoms with Crippen LogP contribution in [-0.4, -0.2) is 35.6 Å². The molecular formula is C6H7NO5.